The molecule has 23 heavy (non-hydrogen) atoms. The first-order chi connectivity index (χ1) is 11.1. The third-order valence-electron chi connectivity index (χ3n) is 3.19. The van der Waals surface area contributed by atoms with Crippen molar-refractivity contribution < 1.29 is 13.6 Å². The first-order valence-corrected chi connectivity index (χ1v) is 11.8. The molecule has 0 aliphatic carbocycles. The van der Waals surface area contributed by atoms with Crippen molar-refractivity contribution in [3.8, 4) is 0 Å². The molecule has 0 saturated carbocycles. The zero-order valence-electron chi connectivity index (χ0n) is 14.5. The van der Waals surface area contributed by atoms with Crippen LogP contribution in [0.2, 0.25) is 0 Å². The summed E-state index contributed by atoms with van der Waals surface area (Å²) in [6.07, 6.45) is 5.79. The summed E-state index contributed by atoms with van der Waals surface area (Å²) in [6, 6.07) is 10.4. The van der Waals surface area contributed by atoms with Crippen molar-refractivity contribution in [2.24, 2.45) is 0 Å². The van der Waals surface area contributed by atoms with Crippen molar-refractivity contribution in [2.75, 3.05) is 13.2 Å². The van der Waals surface area contributed by atoms with E-state index >= 15 is 0 Å². The second-order valence-corrected chi connectivity index (χ2v) is 9.57. The normalized spacial score (nSPS) is 12.6. The van der Waals surface area contributed by atoms with Gasteiger partial charge in [-0.2, -0.15) is 0 Å². The number of rotatable bonds is 12. The molecule has 1 aromatic rings. The van der Waals surface area contributed by atoms with E-state index in [1.54, 1.807) is 5.82 Å². The fourth-order valence-electron chi connectivity index (χ4n) is 2.16. The van der Waals surface area contributed by atoms with Gasteiger partial charge in [-0.3, -0.25) is 0 Å². The molecule has 0 atom stereocenters. The fraction of sp³-hybridized carbons (Fsp3) is 0.556. The maximum atomic E-state index is 12.8. The van der Waals surface area contributed by atoms with E-state index in [-0.39, 0.29) is 15.0 Å². The van der Waals surface area contributed by atoms with Crippen LogP contribution in [-0.4, -0.2) is 28.2 Å². The molecule has 1 rings (SSSR count). The Morgan fingerprint density at radius 2 is 1.70 bits per heavy atom. The van der Waals surface area contributed by atoms with E-state index in [4.69, 9.17) is 9.05 Å². The van der Waals surface area contributed by atoms with Gasteiger partial charge in [-0.1, -0.05) is 0 Å². The van der Waals surface area contributed by atoms with E-state index in [0.29, 0.717) is 13.2 Å². The Hall–Kier alpha value is -0.371. The van der Waals surface area contributed by atoms with Gasteiger partial charge in [0.25, 0.3) is 0 Å². The van der Waals surface area contributed by atoms with Gasteiger partial charge in [-0.25, -0.2) is 0 Å². The zero-order chi connectivity index (χ0) is 17.0. The van der Waals surface area contributed by atoms with E-state index < -0.39 is 7.60 Å². The summed E-state index contributed by atoms with van der Waals surface area (Å²) in [4.78, 5) is 0. The van der Waals surface area contributed by atoms with Gasteiger partial charge in [0.2, 0.25) is 0 Å². The Labute approximate surface area is 147 Å². The van der Waals surface area contributed by atoms with E-state index in [1.165, 1.54) is 28.2 Å². The molecule has 0 N–H and O–H groups in total. The Morgan fingerprint density at radius 3 is 2.26 bits per heavy atom. The van der Waals surface area contributed by atoms with Gasteiger partial charge in [0.05, 0.1) is 0 Å². The molecule has 130 valence electrons. The van der Waals surface area contributed by atoms with Crippen LogP contribution in [-0.2, 0) is 13.6 Å². The zero-order valence-corrected chi connectivity index (χ0v) is 17.1. The summed E-state index contributed by atoms with van der Waals surface area (Å²) < 4.78 is 26.2. The third-order valence-corrected chi connectivity index (χ3v) is 7.74. The van der Waals surface area contributed by atoms with Crippen LogP contribution in [0, 0.1) is 0 Å². The number of allylic oxidation sites excluding steroid dienone is 1. The molecule has 0 aliphatic heterocycles. The Kier molecular flexibility index (Phi) is 10.8. The first-order valence-electron chi connectivity index (χ1n) is 8.47. The quantitative estimate of drug-likeness (QED) is 0.277. The van der Waals surface area contributed by atoms with Gasteiger partial charge in [0.15, 0.2) is 0 Å². The number of benzene rings is 1. The van der Waals surface area contributed by atoms with Gasteiger partial charge < -0.3 is 0 Å². The Balaban J connectivity index is 2.86. The molecule has 0 aromatic heterocycles. The standard InChI is InChI=1S/C18H29O3PSe/c1-4-7-8-10-15-18(23-17-13-11-9-12-14-17)16-22(19,20-5-2)21-6-3/h9,11-14,16H,4-8,10,15H2,1-3H3. The van der Waals surface area contributed by atoms with Crippen molar-refractivity contribution >= 4 is 27.0 Å². The molecular weight excluding hydrogens is 374 g/mol. The molecular formula is C18H29O3PSe. The van der Waals surface area contributed by atoms with Crippen molar-refractivity contribution in [1.82, 2.24) is 0 Å². The predicted octanol–water partition coefficient (Wildman–Crippen LogP) is 5.09. The van der Waals surface area contributed by atoms with Crippen LogP contribution >= 0.6 is 7.60 Å². The van der Waals surface area contributed by atoms with Crippen LogP contribution in [0.25, 0.3) is 0 Å². The second-order valence-electron chi connectivity index (χ2n) is 5.20. The van der Waals surface area contributed by atoms with E-state index in [1.807, 2.05) is 19.9 Å². The number of unbranched alkanes of at least 4 members (excludes halogenated alkanes) is 3. The molecule has 0 aliphatic rings. The summed E-state index contributed by atoms with van der Waals surface area (Å²) in [5.41, 5.74) is 0. The molecule has 0 amide bonds. The SMILES string of the molecule is CCCCCCC(=CP(=O)(OCC)OCC)[Se]c1ccccc1. The fourth-order valence-corrected chi connectivity index (χ4v) is 6.55. The summed E-state index contributed by atoms with van der Waals surface area (Å²) >= 11 is 0.164. The van der Waals surface area contributed by atoms with Crippen LogP contribution in [0.5, 0.6) is 0 Å². The van der Waals surface area contributed by atoms with Crippen molar-refractivity contribution in [1.29, 1.82) is 0 Å². The van der Waals surface area contributed by atoms with Gasteiger partial charge >= 0.3 is 147 Å². The summed E-state index contributed by atoms with van der Waals surface area (Å²) in [7, 11) is -3.11. The topological polar surface area (TPSA) is 35.5 Å². The Morgan fingerprint density at radius 1 is 1.04 bits per heavy atom. The maximum absolute atomic E-state index is 12.8. The van der Waals surface area contributed by atoms with Crippen LogP contribution in [0.1, 0.15) is 52.9 Å². The van der Waals surface area contributed by atoms with E-state index in [2.05, 4.69) is 31.2 Å². The third kappa shape index (κ3) is 8.88. The van der Waals surface area contributed by atoms with E-state index in [0.717, 1.165) is 12.8 Å². The summed E-state index contributed by atoms with van der Waals surface area (Å²) in [5.74, 6) is 1.79. The molecule has 1 aromatic carbocycles. The molecule has 0 heterocycles. The van der Waals surface area contributed by atoms with Crippen LogP contribution in [0.3, 0.4) is 0 Å². The van der Waals surface area contributed by atoms with Crippen molar-refractivity contribution in [3.05, 3.63) is 40.6 Å². The van der Waals surface area contributed by atoms with Gasteiger partial charge in [-0.15, -0.1) is 0 Å². The average Bonchev–Trinajstić information content (AvgIpc) is 2.53. The molecule has 5 heteroatoms. The molecule has 0 unspecified atom stereocenters. The summed E-state index contributed by atoms with van der Waals surface area (Å²) in [6.45, 7) is 6.71. The molecule has 0 fully saturated rings. The predicted molar refractivity (Wildman–Crippen MR) is 99.5 cm³/mol. The minimum atomic E-state index is -3.11. The van der Waals surface area contributed by atoms with E-state index in [9.17, 15) is 4.57 Å². The molecule has 0 bridgehead atoms. The minimum absolute atomic E-state index is 0.164. The van der Waals surface area contributed by atoms with Crippen molar-refractivity contribution in [2.45, 2.75) is 52.9 Å². The average molecular weight is 403 g/mol. The van der Waals surface area contributed by atoms with Gasteiger partial charge in [0.1, 0.15) is 0 Å². The molecule has 3 nitrogen and oxygen atoms in total. The monoisotopic (exact) mass is 404 g/mol. The van der Waals surface area contributed by atoms with Crippen LogP contribution in [0.15, 0.2) is 40.6 Å². The molecule has 0 radical (unpaired) electrons. The number of hydrogen-bond donors (Lipinski definition) is 0. The second kappa shape index (κ2) is 12.1. The molecule has 0 saturated heterocycles. The van der Waals surface area contributed by atoms with Crippen LogP contribution < -0.4 is 4.46 Å². The van der Waals surface area contributed by atoms with Gasteiger partial charge in [0, 0.05) is 0 Å². The first kappa shape index (κ1) is 20.7. The Bertz CT molecular complexity index is 492. The summed E-state index contributed by atoms with van der Waals surface area (Å²) in [5, 5.41) is 0. The van der Waals surface area contributed by atoms with Crippen molar-refractivity contribution in [3.63, 3.8) is 0 Å². The van der Waals surface area contributed by atoms with Gasteiger partial charge in [-0.05, 0) is 0 Å². The number of hydrogen-bond acceptors (Lipinski definition) is 3. The molecule has 0 spiro atoms. The van der Waals surface area contributed by atoms with Crippen LogP contribution in [0.4, 0.5) is 0 Å².